The Balaban J connectivity index is 2.82. The third kappa shape index (κ3) is 2.32. The number of aryl methyl sites for hydroxylation is 1. The topological polar surface area (TPSA) is 3.24 Å². The van der Waals surface area contributed by atoms with Crippen LogP contribution in [0.15, 0.2) is 24.3 Å². The van der Waals surface area contributed by atoms with Gasteiger partial charge in [0.2, 0.25) is 0 Å². The number of hydrogen-bond donors (Lipinski definition) is 0. The van der Waals surface area contributed by atoms with Gasteiger partial charge in [-0.05, 0) is 26.6 Å². The number of halogens is 1. The van der Waals surface area contributed by atoms with Crippen molar-refractivity contribution in [2.75, 3.05) is 14.1 Å². The first-order chi connectivity index (χ1) is 5.61. The van der Waals surface area contributed by atoms with Crippen LogP contribution in [-0.4, -0.2) is 19.0 Å². The second kappa shape index (κ2) is 4.06. The summed E-state index contributed by atoms with van der Waals surface area (Å²) < 4.78 is 0. The van der Waals surface area contributed by atoms with Gasteiger partial charge >= 0.3 is 0 Å². The summed E-state index contributed by atoms with van der Waals surface area (Å²) in [6.07, 6.45) is 0. The highest BCUT2D eigenvalue weighted by molar-refractivity contribution is 9.09. The van der Waals surface area contributed by atoms with Crippen LogP contribution in [0.25, 0.3) is 0 Å². The van der Waals surface area contributed by atoms with Crippen molar-refractivity contribution < 1.29 is 0 Å². The van der Waals surface area contributed by atoms with Gasteiger partial charge in [0, 0.05) is 0 Å². The zero-order valence-electron chi connectivity index (χ0n) is 7.71. The molecule has 0 fully saturated rings. The van der Waals surface area contributed by atoms with Crippen LogP contribution in [-0.2, 0) is 0 Å². The van der Waals surface area contributed by atoms with Gasteiger partial charge in [-0.25, -0.2) is 0 Å². The molecule has 66 valence electrons. The van der Waals surface area contributed by atoms with Gasteiger partial charge in [-0.1, -0.05) is 45.8 Å². The molecule has 1 unspecified atom stereocenters. The molecule has 0 radical (unpaired) electrons. The average molecular weight is 228 g/mol. The van der Waals surface area contributed by atoms with Crippen molar-refractivity contribution in [3.05, 3.63) is 35.4 Å². The molecular formula is C10H14BrN. The van der Waals surface area contributed by atoms with Gasteiger partial charge in [-0.15, -0.1) is 0 Å². The van der Waals surface area contributed by atoms with Crippen LogP contribution in [0.3, 0.4) is 0 Å². The molecule has 12 heavy (non-hydrogen) atoms. The van der Waals surface area contributed by atoms with E-state index < -0.39 is 0 Å². The third-order valence-corrected chi connectivity index (χ3v) is 3.15. The van der Waals surface area contributed by atoms with Gasteiger partial charge in [0.05, 0.1) is 4.95 Å². The highest BCUT2D eigenvalue weighted by Gasteiger charge is 2.07. The van der Waals surface area contributed by atoms with E-state index in [0.29, 0.717) is 4.95 Å². The van der Waals surface area contributed by atoms with Crippen LogP contribution >= 0.6 is 15.9 Å². The lowest BCUT2D eigenvalue weighted by Crippen LogP contribution is -2.13. The Morgan fingerprint density at radius 1 is 1.17 bits per heavy atom. The zero-order valence-corrected chi connectivity index (χ0v) is 9.30. The molecular weight excluding hydrogens is 214 g/mol. The van der Waals surface area contributed by atoms with E-state index in [2.05, 4.69) is 66.1 Å². The number of benzene rings is 1. The van der Waals surface area contributed by atoms with Crippen LogP contribution < -0.4 is 0 Å². The molecule has 0 saturated carbocycles. The van der Waals surface area contributed by atoms with Crippen LogP contribution in [0.1, 0.15) is 16.1 Å². The van der Waals surface area contributed by atoms with E-state index in [-0.39, 0.29) is 0 Å². The predicted molar refractivity (Wildman–Crippen MR) is 56.5 cm³/mol. The molecule has 1 atom stereocenters. The lowest BCUT2D eigenvalue weighted by molar-refractivity contribution is 0.398. The Bertz CT molecular complexity index is 241. The number of rotatable bonds is 2. The quantitative estimate of drug-likeness (QED) is 0.555. The van der Waals surface area contributed by atoms with E-state index in [1.165, 1.54) is 11.1 Å². The van der Waals surface area contributed by atoms with Crippen molar-refractivity contribution in [3.63, 3.8) is 0 Å². The second-order valence-corrected chi connectivity index (χ2v) is 4.08. The molecule has 0 bridgehead atoms. The Morgan fingerprint density at radius 3 is 2.08 bits per heavy atom. The minimum absolute atomic E-state index is 0.318. The molecule has 1 nitrogen and oxygen atoms in total. The minimum Gasteiger partial charge on any atom is -0.293 e. The van der Waals surface area contributed by atoms with Gasteiger partial charge in [0.25, 0.3) is 0 Å². The molecule has 0 aliphatic heterocycles. The fourth-order valence-corrected chi connectivity index (χ4v) is 1.33. The Hall–Kier alpha value is -0.340. The molecule has 1 aromatic carbocycles. The van der Waals surface area contributed by atoms with E-state index in [0.717, 1.165) is 0 Å². The normalized spacial score (nSPS) is 13.4. The molecule has 0 N–H and O–H groups in total. The van der Waals surface area contributed by atoms with Crippen molar-refractivity contribution in [1.82, 2.24) is 4.90 Å². The predicted octanol–water partition coefficient (Wildman–Crippen LogP) is 2.95. The van der Waals surface area contributed by atoms with Crippen molar-refractivity contribution in [3.8, 4) is 0 Å². The van der Waals surface area contributed by atoms with E-state index in [1.54, 1.807) is 0 Å². The fraction of sp³-hybridized carbons (Fsp3) is 0.400. The molecule has 0 spiro atoms. The standard InChI is InChI=1S/C10H14BrN/c1-8-4-6-9(7-5-8)10(11)12(2)3/h4-7,10H,1-3H3. The minimum atomic E-state index is 0.318. The van der Waals surface area contributed by atoms with Gasteiger partial charge in [0.15, 0.2) is 0 Å². The van der Waals surface area contributed by atoms with Gasteiger partial charge < -0.3 is 0 Å². The first-order valence-electron chi connectivity index (χ1n) is 3.98. The second-order valence-electron chi connectivity index (χ2n) is 3.21. The summed E-state index contributed by atoms with van der Waals surface area (Å²) in [4.78, 5) is 2.45. The van der Waals surface area contributed by atoms with Crippen LogP contribution in [0.4, 0.5) is 0 Å². The summed E-state index contributed by atoms with van der Waals surface area (Å²) in [7, 11) is 4.11. The molecule has 0 heterocycles. The van der Waals surface area contributed by atoms with E-state index in [4.69, 9.17) is 0 Å². The third-order valence-electron chi connectivity index (χ3n) is 1.81. The number of hydrogen-bond acceptors (Lipinski definition) is 1. The molecule has 1 aromatic rings. The highest BCUT2D eigenvalue weighted by Crippen LogP contribution is 2.24. The molecule has 2 heteroatoms. The van der Waals surface area contributed by atoms with E-state index >= 15 is 0 Å². The lowest BCUT2D eigenvalue weighted by Gasteiger charge is -2.18. The van der Waals surface area contributed by atoms with Gasteiger partial charge in [-0.2, -0.15) is 0 Å². The average Bonchev–Trinajstić information content (AvgIpc) is 2.04. The molecule has 0 amide bonds. The summed E-state index contributed by atoms with van der Waals surface area (Å²) in [6, 6.07) is 8.56. The number of nitrogens with zero attached hydrogens (tertiary/aromatic N) is 1. The monoisotopic (exact) mass is 227 g/mol. The summed E-state index contributed by atoms with van der Waals surface area (Å²) >= 11 is 3.60. The Kier molecular flexibility index (Phi) is 3.29. The van der Waals surface area contributed by atoms with Crippen LogP contribution in [0.5, 0.6) is 0 Å². The van der Waals surface area contributed by atoms with E-state index in [1.807, 2.05) is 0 Å². The Labute approximate surface area is 82.5 Å². The largest absolute Gasteiger partial charge is 0.293 e. The molecule has 1 rings (SSSR count). The summed E-state index contributed by atoms with van der Waals surface area (Å²) in [5.41, 5.74) is 2.60. The molecule has 0 aliphatic rings. The molecule has 0 aromatic heterocycles. The smallest absolute Gasteiger partial charge is 0.0906 e. The maximum Gasteiger partial charge on any atom is 0.0906 e. The van der Waals surface area contributed by atoms with Crippen LogP contribution in [0, 0.1) is 6.92 Å². The maximum atomic E-state index is 3.60. The first-order valence-corrected chi connectivity index (χ1v) is 4.90. The highest BCUT2D eigenvalue weighted by atomic mass is 79.9. The zero-order chi connectivity index (χ0) is 9.14. The molecule has 0 saturated heterocycles. The van der Waals surface area contributed by atoms with Crippen molar-refractivity contribution >= 4 is 15.9 Å². The lowest BCUT2D eigenvalue weighted by atomic mass is 10.1. The molecule has 0 aliphatic carbocycles. The number of alkyl halides is 1. The first kappa shape index (κ1) is 9.75. The van der Waals surface area contributed by atoms with Gasteiger partial charge in [0.1, 0.15) is 0 Å². The van der Waals surface area contributed by atoms with E-state index in [9.17, 15) is 0 Å². The van der Waals surface area contributed by atoms with Crippen LogP contribution in [0.2, 0.25) is 0 Å². The summed E-state index contributed by atoms with van der Waals surface area (Å²) in [6.45, 7) is 2.10. The SMILES string of the molecule is Cc1ccc(C(Br)N(C)C)cc1. The summed E-state index contributed by atoms with van der Waals surface area (Å²) in [5, 5.41) is 0. The fourth-order valence-electron chi connectivity index (χ4n) is 1.02. The maximum absolute atomic E-state index is 3.60. The van der Waals surface area contributed by atoms with Crippen molar-refractivity contribution in [1.29, 1.82) is 0 Å². The van der Waals surface area contributed by atoms with Crippen molar-refractivity contribution in [2.24, 2.45) is 0 Å². The summed E-state index contributed by atoms with van der Waals surface area (Å²) in [5.74, 6) is 0. The van der Waals surface area contributed by atoms with Crippen molar-refractivity contribution in [2.45, 2.75) is 11.9 Å². The van der Waals surface area contributed by atoms with Gasteiger partial charge in [-0.3, -0.25) is 4.90 Å². The Morgan fingerprint density at radius 2 is 1.67 bits per heavy atom.